The standard InChI is InChI=1S/C26H27FN2/c1-3-7-25-18-29-26(19-28-25)24-16-14-23(15-17-24)22-12-10-21(11-13-22)9-6-4-5-8-20(2)27/h3,6,9-20H,1,4-5,7-8H2,2H3. The van der Waals surface area contributed by atoms with Gasteiger partial charge in [-0.05, 0) is 42.9 Å². The number of unbranched alkanes of at least 4 members (excludes halogenated alkanes) is 1. The molecule has 2 nitrogen and oxygen atoms in total. The van der Waals surface area contributed by atoms with E-state index >= 15 is 0 Å². The molecule has 3 heteroatoms. The van der Waals surface area contributed by atoms with Crippen LogP contribution in [0.5, 0.6) is 0 Å². The Hall–Kier alpha value is -3.07. The molecule has 1 heterocycles. The molecule has 29 heavy (non-hydrogen) atoms. The lowest BCUT2D eigenvalue weighted by Gasteiger charge is -2.05. The summed E-state index contributed by atoms with van der Waals surface area (Å²) in [4.78, 5) is 8.91. The van der Waals surface area contributed by atoms with Crippen LogP contribution in [0.25, 0.3) is 28.5 Å². The summed E-state index contributed by atoms with van der Waals surface area (Å²) in [6.45, 7) is 5.34. The molecule has 3 aromatic rings. The summed E-state index contributed by atoms with van der Waals surface area (Å²) < 4.78 is 12.8. The molecule has 0 fully saturated rings. The Kier molecular flexibility index (Phi) is 7.46. The van der Waals surface area contributed by atoms with Crippen molar-refractivity contribution in [3.05, 3.63) is 90.9 Å². The summed E-state index contributed by atoms with van der Waals surface area (Å²) in [5.41, 5.74) is 6.34. The smallest absolute Gasteiger partial charge is 0.0973 e. The summed E-state index contributed by atoms with van der Waals surface area (Å²) in [6, 6.07) is 16.8. The highest BCUT2D eigenvalue weighted by Crippen LogP contribution is 2.24. The van der Waals surface area contributed by atoms with Crippen LogP contribution in [0.1, 0.15) is 37.4 Å². The molecule has 0 spiro atoms. The number of halogens is 1. The van der Waals surface area contributed by atoms with Gasteiger partial charge in [-0.1, -0.05) is 66.8 Å². The van der Waals surface area contributed by atoms with E-state index in [2.05, 4.69) is 77.2 Å². The van der Waals surface area contributed by atoms with E-state index in [1.807, 2.05) is 12.3 Å². The van der Waals surface area contributed by atoms with Crippen LogP contribution in [0.4, 0.5) is 4.39 Å². The van der Waals surface area contributed by atoms with Crippen LogP contribution in [0.15, 0.2) is 79.7 Å². The molecule has 0 amide bonds. The van der Waals surface area contributed by atoms with Crippen molar-refractivity contribution in [2.24, 2.45) is 0 Å². The van der Waals surface area contributed by atoms with Gasteiger partial charge in [0.2, 0.25) is 0 Å². The third-order valence-corrected chi connectivity index (χ3v) is 4.77. The van der Waals surface area contributed by atoms with Crippen molar-refractivity contribution >= 4 is 6.08 Å². The number of allylic oxidation sites excluding steroid dienone is 2. The number of nitrogens with zero attached hydrogens (tertiary/aromatic N) is 2. The summed E-state index contributed by atoms with van der Waals surface area (Å²) in [5, 5.41) is 0. The molecule has 1 unspecified atom stereocenters. The molecular formula is C26H27FN2. The first kappa shape index (κ1) is 20.7. The molecule has 0 bridgehead atoms. The van der Waals surface area contributed by atoms with Crippen molar-refractivity contribution in [3.63, 3.8) is 0 Å². The van der Waals surface area contributed by atoms with Crippen molar-refractivity contribution in [1.29, 1.82) is 0 Å². The van der Waals surface area contributed by atoms with Crippen molar-refractivity contribution in [3.8, 4) is 22.4 Å². The lowest BCUT2D eigenvalue weighted by molar-refractivity contribution is 0.335. The average Bonchev–Trinajstić information content (AvgIpc) is 2.75. The van der Waals surface area contributed by atoms with Gasteiger partial charge in [-0.2, -0.15) is 0 Å². The average molecular weight is 387 g/mol. The van der Waals surface area contributed by atoms with Gasteiger partial charge in [0.25, 0.3) is 0 Å². The van der Waals surface area contributed by atoms with Crippen molar-refractivity contribution < 1.29 is 4.39 Å². The Bertz CT molecular complexity index is 924. The lowest BCUT2D eigenvalue weighted by atomic mass is 10.0. The van der Waals surface area contributed by atoms with Crippen LogP contribution in [-0.2, 0) is 6.42 Å². The van der Waals surface area contributed by atoms with E-state index in [-0.39, 0.29) is 0 Å². The van der Waals surface area contributed by atoms with E-state index in [0.29, 0.717) is 6.42 Å². The molecule has 0 aliphatic heterocycles. The van der Waals surface area contributed by atoms with Gasteiger partial charge in [-0.25, -0.2) is 4.39 Å². The Balaban J connectivity index is 1.62. The summed E-state index contributed by atoms with van der Waals surface area (Å²) in [7, 11) is 0. The lowest BCUT2D eigenvalue weighted by Crippen LogP contribution is -1.91. The summed E-state index contributed by atoms with van der Waals surface area (Å²) in [6.07, 6.45) is 12.1. The summed E-state index contributed by atoms with van der Waals surface area (Å²) in [5.74, 6) is 0. The van der Waals surface area contributed by atoms with E-state index in [1.54, 1.807) is 13.1 Å². The van der Waals surface area contributed by atoms with Crippen LogP contribution in [0, 0.1) is 0 Å². The minimum atomic E-state index is -0.710. The van der Waals surface area contributed by atoms with Gasteiger partial charge >= 0.3 is 0 Å². The van der Waals surface area contributed by atoms with Gasteiger partial charge in [0.1, 0.15) is 0 Å². The van der Waals surface area contributed by atoms with Gasteiger partial charge in [0.05, 0.1) is 23.8 Å². The minimum absolute atomic E-state index is 0.629. The summed E-state index contributed by atoms with van der Waals surface area (Å²) >= 11 is 0. The monoisotopic (exact) mass is 386 g/mol. The SMILES string of the molecule is C=CCc1cnc(-c2ccc(-c3ccc(C=CCCCC(C)F)cc3)cc2)cn1. The number of alkyl halides is 1. The topological polar surface area (TPSA) is 25.8 Å². The second-order valence-electron chi connectivity index (χ2n) is 7.20. The first-order chi connectivity index (χ1) is 14.2. The molecular weight excluding hydrogens is 359 g/mol. The fraction of sp³-hybridized carbons (Fsp3) is 0.231. The molecule has 2 aromatic carbocycles. The van der Waals surface area contributed by atoms with E-state index < -0.39 is 6.17 Å². The zero-order chi connectivity index (χ0) is 20.5. The normalized spacial score (nSPS) is 12.2. The van der Waals surface area contributed by atoms with Crippen molar-refractivity contribution in [2.75, 3.05) is 0 Å². The minimum Gasteiger partial charge on any atom is -0.257 e. The van der Waals surface area contributed by atoms with Gasteiger partial charge in [-0.15, -0.1) is 6.58 Å². The highest BCUT2D eigenvalue weighted by Gasteiger charge is 2.03. The zero-order valence-electron chi connectivity index (χ0n) is 16.9. The maximum Gasteiger partial charge on any atom is 0.0973 e. The number of aromatic nitrogens is 2. The Labute approximate surface area is 172 Å². The van der Waals surface area contributed by atoms with Crippen LogP contribution in [-0.4, -0.2) is 16.1 Å². The van der Waals surface area contributed by atoms with E-state index in [1.165, 1.54) is 5.56 Å². The third kappa shape index (κ3) is 6.21. The second-order valence-corrected chi connectivity index (χ2v) is 7.20. The molecule has 3 rings (SSSR count). The number of hydrogen-bond acceptors (Lipinski definition) is 2. The van der Waals surface area contributed by atoms with Crippen LogP contribution in [0.3, 0.4) is 0 Å². The number of benzene rings is 2. The molecule has 0 saturated carbocycles. The predicted molar refractivity (Wildman–Crippen MR) is 120 cm³/mol. The van der Waals surface area contributed by atoms with Crippen LogP contribution in [0.2, 0.25) is 0 Å². The van der Waals surface area contributed by atoms with Gasteiger partial charge in [-0.3, -0.25) is 9.97 Å². The number of hydrogen-bond donors (Lipinski definition) is 0. The first-order valence-corrected chi connectivity index (χ1v) is 10.1. The van der Waals surface area contributed by atoms with Gasteiger partial charge in [0, 0.05) is 18.2 Å². The van der Waals surface area contributed by atoms with E-state index in [9.17, 15) is 4.39 Å². The predicted octanol–water partition coefficient (Wildman–Crippen LogP) is 7.08. The largest absolute Gasteiger partial charge is 0.257 e. The first-order valence-electron chi connectivity index (χ1n) is 10.1. The fourth-order valence-corrected chi connectivity index (χ4v) is 3.11. The zero-order valence-corrected chi connectivity index (χ0v) is 16.9. The van der Waals surface area contributed by atoms with Gasteiger partial charge in [0.15, 0.2) is 0 Å². The van der Waals surface area contributed by atoms with Gasteiger partial charge < -0.3 is 0 Å². The van der Waals surface area contributed by atoms with Crippen LogP contribution < -0.4 is 0 Å². The molecule has 0 aliphatic carbocycles. The fourth-order valence-electron chi connectivity index (χ4n) is 3.11. The molecule has 0 saturated heterocycles. The molecule has 0 N–H and O–H groups in total. The Morgan fingerprint density at radius 1 is 0.931 bits per heavy atom. The second kappa shape index (κ2) is 10.5. The Morgan fingerprint density at radius 3 is 2.17 bits per heavy atom. The van der Waals surface area contributed by atoms with Crippen molar-refractivity contribution in [2.45, 2.75) is 38.8 Å². The molecule has 0 aliphatic rings. The highest BCUT2D eigenvalue weighted by molar-refractivity contribution is 5.69. The molecule has 148 valence electrons. The number of rotatable bonds is 9. The van der Waals surface area contributed by atoms with Crippen LogP contribution >= 0.6 is 0 Å². The Morgan fingerprint density at radius 2 is 1.59 bits per heavy atom. The van der Waals surface area contributed by atoms with Crippen molar-refractivity contribution in [1.82, 2.24) is 9.97 Å². The molecule has 1 atom stereocenters. The molecule has 0 radical (unpaired) electrons. The van der Waals surface area contributed by atoms with E-state index in [0.717, 1.165) is 47.3 Å². The third-order valence-electron chi connectivity index (χ3n) is 4.77. The highest BCUT2D eigenvalue weighted by atomic mass is 19.1. The maximum absolute atomic E-state index is 12.8. The quantitative estimate of drug-likeness (QED) is 0.290. The molecule has 1 aromatic heterocycles. The van der Waals surface area contributed by atoms with E-state index in [4.69, 9.17) is 0 Å². The maximum atomic E-state index is 12.8.